The van der Waals surface area contributed by atoms with Crippen LogP contribution in [0.3, 0.4) is 0 Å². The zero-order valence-electron chi connectivity index (χ0n) is 13.6. The average Bonchev–Trinajstić information content (AvgIpc) is 2.43. The lowest BCUT2D eigenvalue weighted by Gasteiger charge is -2.17. The normalized spacial score (nSPS) is 12.7. The van der Waals surface area contributed by atoms with Crippen molar-refractivity contribution in [3.05, 3.63) is 22.8 Å². The van der Waals surface area contributed by atoms with Crippen molar-refractivity contribution in [1.82, 2.24) is 15.3 Å². The summed E-state index contributed by atoms with van der Waals surface area (Å²) in [7, 11) is 0. The van der Waals surface area contributed by atoms with Crippen molar-refractivity contribution in [2.45, 2.75) is 60.0 Å². The van der Waals surface area contributed by atoms with Crippen LogP contribution >= 0.6 is 0 Å². The molecule has 4 heteroatoms. The molecule has 1 unspecified atom stereocenters. The third-order valence-electron chi connectivity index (χ3n) is 3.49. The minimum Gasteiger partial charge on any atom is -0.371 e. The standard InChI is InChI=1S/C16H29N3O/c1-6-15(20-8-3)16-18-12(4)14(13(5)19-16)10-9-11-17-7-2/h15,17H,6-11H2,1-5H3. The Morgan fingerprint density at radius 3 is 2.25 bits per heavy atom. The molecule has 0 aliphatic rings. The molecule has 0 amide bonds. The number of hydrogen-bond acceptors (Lipinski definition) is 4. The van der Waals surface area contributed by atoms with Gasteiger partial charge >= 0.3 is 0 Å². The van der Waals surface area contributed by atoms with Gasteiger partial charge in [-0.15, -0.1) is 0 Å². The molecule has 0 radical (unpaired) electrons. The Bertz CT molecular complexity index is 384. The molecule has 4 nitrogen and oxygen atoms in total. The maximum atomic E-state index is 5.71. The molecule has 1 atom stereocenters. The summed E-state index contributed by atoms with van der Waals surface area (Å²) in [6.45, 7) is 13.2. The molecule has 1 aromatic heterocycles. The van der Waals surface area contributed by atoms with E-state index in [1.807, 2.05) is 6.92 Å². The fourth-order valence-corrected chi connectivity index (χ4v) is 2.41. The summed E-state index contributed by atoms with van der Waals surface area (Å²) in [5.41, 5.74) is 3.49. The van der Waals surface area contributed by atoms with Gasteiger partial charge in [-0.3, -0.25) is 0 Å². The first-order valence-electron chi connectivity index (χ1n) is 7.80. The minimum atomic E-state index is 0.0215. The molecule has 1 N–H and O–H groups in total. The largest absolute Gasteiger partial charge is 0.371 e. The molecule has 1 rings (SSSR count). The molecule has 0 aliphatic heterocycles. The van der Waals surface area contributed by atoms with E-state index < -0.39 is 0 Å². The molecular weight excluding hydrogens is 250 g/mol. The van der Waals surface area contributed by atoms with Crippen LogP contribution in [0.15, 0.2) is 0 Å². The van der Waals surface area contributed by atoms with Gasteiger partial charge in [0.1, 0.15) is 6.10 Å². The van der Waals surface area contributed by atoms with Crippen LogP contribution in [0.2, 0.25) is 0 Å². The van der Waals surface area contributed by atoms with Crippen LogP contribution < -0.4 is 5.32 Å². The topological polar surface area (TPSA) is 47.0 Å². The lowest BCUT2D eigenvalue weighted by atomic mass is 10.1. The third kappa shape index (κ3) is 4.84. The Hall–Kier alpha value is -1.00. The molecule has 0 aliphatic carbocycles. The first-order valence-corrected chi connectivity index (χ1v) is 7.80. The fraction of sp³-hybridized carbons (Fsp3) is 0.750. The summed E-state index contributed by atoms with van der Waals surface area (Å²) in [5, 5.41) is 3.35. The molecule has 0 fully saturated rings. The van der Waals surface area contributed by atoms with E-state index in [0.29, 0.717) is 6.61 Å². The van der Waals surface area contributed by atoms with E-state index in [-0.39, 0.29) is 6.10 Å². The number of aromatic nitrogens is 2. The van der Waals surface area contributed by atoms with Crippen LogP contribution in [0, 0.1) is 13.8 Å². The first kappa shape index (κ1) is 17.1. The van der Waals surface area contributed by atoms with Crippen LogP contribution in [-0.2, 0) is 11.2 Å². The van der Waals surface area contributed by atoms with E-state index in [1.165, 1.54) is 5.56 Å². The highest BCUT2D eigenvalue weighted by atomic mass is 16.5. The van der Waals surface area contributed by atoms with E-state index in [0.717, 1.165) is 49.6 Å². The van der Waals surface area contributed by atoms with Crippen LogP contribution in [-0.4, -0.2) is 29.7 Å². The maximum Gasteiger partial charge on any atom is 0.157 e. The van der Waals surface area contributed by atoms with Gasteiger partial charge in [0.2, 0.25) is 0 Å². The summed E-state index contributed by atoms with van der Waals surface area (Å²) >= 11 is 0. The van der Waals surface area contributed by atoms with Gasteiger partial charge in [0.25, 0.3) is 0 Å². The van der Waals surface area contributed by atoms with E-state index in [2.05, 4.69) is 43.0 Å². The van der Waals surface area contributed by atoms with Crippen molar-refractivity contribution in [2.75, 3.05) is 19.7 Å². The molecule has 1 aromatic rings. The SMILES string of the molecule is CCNCCCc1c(C)nc(C(CC)OCC)nc1C. The van der Waals surface area contributed by atoms with Crippen molar-refractivity contribution in [2.24, 2.45) is 0 Å². The Balaban J connectivity index is 2.79. The van der Waals surface area contributed by atoms with Gasteiger partial charge in [0.15, 0.2) is 5.82 Å². The van der Waals surface area contributed by atoms with Gasteiger partial charge in [-0.1, -0.05) is 13.8 Å². The van der Waals surface area contributed by atoms with Gasteiger partial charge in [0.05, 0.1) is 0 Å². The number of nitrogens with one attached hydrogen (secondary N) is 1. The lowest BCUT2D eigenvalue weighted by molar-refractivity contribution is 0.0532. The highest BCUT2D eigenvalue weighted by molar-refractivity contribution is 5.25. The number of hydrogen-bond donors (Lipinski definition) is 1. The molecule has 0 saturated heterocycles. The number of nitrogens with zero attached hydrogens (tertiary/aromatic N) is 2. The Morgan fingerprint density at radius 1 is 1.10 bits per heavy atom. The Morgan fingerprint density at radius 2 is 1.75 bits per heavy atom. The second-order valence-electron chi connectivity index (χ2n) is 5.04. The summed E-state index contributed by atoms with van der Waals surface area (Å²) < 4.78 is 5.71. The van der Waals surface area contributed by atoms with E-state index in [9.17, 15) is 0 Å². The monoisotopic (exact) mass is 279 g/mol. The van der Waals surface area contributed by atoms with Gasteiger partial charge < -0.3 is 10.1 Å². The summed E-state index contributed by atoms with van der Waals surface area (Å²) in [6.07, 6.45) is 3.09. The zero-order chi connectivity index (χ0) is 15.0. The van der Waals surface area contributed by atoms with Crippen LogP contribution in [0.5, 0.6) is 0 Å². The fourth-order valence-electron chi connectivity index (χ4n) is 2.41. The quantitative estimate of drug-likeness (QED) is 0.706. The van der Waals surface area contributed by atoms with E-state index in [1.54, 1.807) is 0 Å². The molecular formula is C16H29N3O. The van der Waals surface area contributed by atoms with Crippen molar-refractivity contribution >= 4 is 0 Å². The number of ether oxygens (including phenoxy) is 1. The second kappa shape index (κ2) is 9.03. The molecule has 0 spiro atoms. The predicted octanol–water partition coefficient (Wildman–Crippen LogP) is 3.12. The van der Waals surface area contributed by atoms with Crippen LogP contribution in [0.1, 0.15) is 62.5 Å². The van der Waals surface area contributed by atoms with Crippen LogP contribution in [0.25, 0.3) is 0 Å². The molecule has 0 saturated carbocycles. The maximum absolute atomic E-state index is 5.71. The molecule has 0 bridgehead atoms. The highest BCUT2D eigenvalue weighted by Crippen LogP contribution is 2.20. The lowest BCUT2D eigenvalue weighted by Crippen LogP contribution is -2.16. The smallest absolute Gasteiger partial charge is 0.157 e. The summed E-state index contributed by atoms with van der Waals surface area (Å²) in [4.78, 5) is 9.33. The molecule has 114 valence electrons. The van der Waals surface area contributed by atoms with E-state index >= 15 is 0 Å². The van der Waals surface area contributed by atoms with Gasteiger partial charge in [0, 0.05) is 18.0 Å². The molecule has 20 heavy (non-hydrogen) atoms. The van der Waals surface area contributed by atoms with Crippen molar-refractivity contribution in [3.63, 3.8) is 0 Å². The number of rotatable bonds is 9. The molecule has 1 heterocycles. The number of aryl methyl sites for hydroxylation is 2. The minimum absolute atomic E-state index is 0.0215. The van der Waals surface area contributed by atoms with Crippen LogP contribution in [0.4, 0.5) is 0 Å². The third-order valence-corrected chi connectivity index (χ3v) is 3.49. The highest BCUT2D eigenvalue weighted by Gasteiger charge is 2.15. The van der Waals surface area contributed by atoms with Crippen molar-refractivity contribution in [3.8, 4) is 0 Å². The van der Waals surface area contributed by atoms with Gasteiger partial charge in [-0.05, 0) is 58.7 Å². The van der Waals surface area contributed by atoms with E-state index in [4.69, 9.17) is 4.74 Å². The van der Waals surface area contributed by atoms with Gasteiger partial charge in [-0.2, -0.15) is 0 Å². The Kier molecular flexibility index (Phi) is 7.70. The average molecular weight is 279 g/mol. The second-order valence-corrected chi connectivity index (χ2v) is 5.04. The first-order chi connectivity index (χ1) is 9.63. The summed E-state index contributed by atoms with van der Waals surface area (Å²) in [6, 6.07) is 0. The van der Waals surface area contributed by atoms with Crippen molar-refractivity contribution in [1.29, 1.82) is 0 Å². The predicted molar refractivity (Wildman–Crippen MR) is 83.0 cm³/mol. The Labute approximate surface area is 123 Å². The molecule has 0 aromatic carbocycles. The van der Waals surface area contributed by atoms with Gasteiger partial charge in [-0.25, -0.2) is 9.97 Å². The van der Waals surface area contributed by atoms with Crippen molar-refractivity contribution < 1.29 is 4.74 Å². The zero-order valence-corrected chi connectivity index (χ0v) is 13.6. The summed E-state index contributed by atoms with van der Waals surface area (Å²) in [5.74, 6) is 0.833.